The number of aliphatic hydroxyl groups is 1. The molecule has 1 aromatic rings. The number of ether oxygens (including phenoxy) is 1. The van der Waals surface area contributed by atoms with Crippen LogP contribution in [0.1, 0.15) is 18.5 Å². The van der Waals surface area contributed by atoms with Crippen LogP contribution in [0.3, 0.4) is 0 Å². The topological polar surface area (TPSA) is 42.4 Å². The Hall–Kier alpha value is -0.800. The van der Waals surface area contributed by atoms with E-state index in [0.717, 1.165) is 6.61 Å². The molecule has 1 N–H and O–H groups in total. The molecule has 1 aliphatic carbocycles. The van der Waals surface area contributed by atoms with Crippen LogP contribution in [0.2, 0.25) is 5.02 Å². The van der Waals surface area contributed by atoms with Gasteiger partial charge in [-0.2, -0.15) is 0 Å². The largest absolute Gasteiger partial charge is 0.477 e. The first-order valence-corrected chi connectivity index (χ1v) is 5.06. The van der Waals surface area contributed by atoms with E-state index in [4.69, 9.17) is 21.4 Å². The second-order valence-electron chi connectivity index (χ2n) is 3.49. The lowest BCUT2D eigenvalue weighted by Gasteiger charge is -2.06. The third kappa shape index (κ3) is 2.36. The second kappa shape index (κ2) is 4.15. The Morgan fingerprint density at radius 1 is 1.50 bits per heavy atom. The van der Waals surface area contributed by atoms with Gasteiger partial charge in [-0.05, 0) is 24.8 Å². The fourth-order valence-corrected chi connectivity index (χ4v) is 1.31. The third-order valence-electron chi connectivity index (χ3n) is 2.21. The van der Waals surface area contributed by atoms with Crippen molar-refractivity contribution in [1.29, 1.82) is 0 Å². The molecule has 0 aromatic carbocycles. The molecule has 1 aliphatic rings. The molecule has 1 saturated carbocycles. The molecule has 1 aromatic heterocycles. The van der Waals surface area contributed by atoms with Gasteiger partial charge in [-0.15, -0.1) is 0 Å². The highest BCUT2D eigenvalue weighted by molar-refractivity contribution is 6.31. The summed E-state index contributed by atoms with van der Waals surface area (Å²) in [6.45, 7) is 0.568. The lowest BCUT2D eigenvalue weighted by molar-refractivity contribution is 0.265. The summed E-state index contributed by atoms with van der Waals surface area (Å²) in [5, 5.41) is 9.41. The smallest absolute Gasteiger partial charge is 0.213 e. The Morgan fingerprint density at radius 2 is 2.29 bits per heavy atom. The van der Waals surface area contributed by atoms with Crippen molar-refractivity contribution in [3.8, 4) is 5.88 Å². The van der Waals surface area contributed by atoms with E-state index in [-0.39, 0.29) is 6.61 Å². The highest BCUT2D eigenvalue weighted by Crippen LogP contribution is 2.29. The Kier molecular flexibility index (Phi) is 2.89. The quantitative estimate of drug-likeness (QED) is 0.832. The summed E-state index contributed by atoms with van der Waals surface area (Å²) < 4.78 is 5.45. The molecule has 1 fully saturated rings. The van der Waals surface area contributed by atoms with Gasteiger partial charge in [0.25, 0.3) is 0 Å². The summed E-state index contributed by atoms with van der Waals surface area (Å²) >= 11 is 5.79. The van der Waals surface area contributed by atoms with Crippen molar-refractivity contribution in [3.05, 3.63) is 22.8 Å². The van der Waals surface area contributed by atoms with E-state index in [9.17, 15) is 0 Å². The molecule has 0 spiro atoms. The molecule has 0 bridgehead atoms. The SMILES string of the molecule is OCc1nc(OCC2CC2)ccc1Cl. The summed E-state index contributed by atoms with van der Waals surface area (Å²) in [6.07, 6.45) is 2.50. The average molecular weight is 214 g/mol. The summed E-state index contributed by atoms with van der Waals surface area (Å²) in [5.41, 5.74) is 0.472. The van der Waals surface area contributed by atoms with Crippen molar-refractivity contribution in [2.45, 2.75) is 19.4 Å². The minimum Gasteiger partial charge on any atom is -0.477 e. The van der Waals surface area contributed by atoms with Crippen molar-refractivity contribution in [1.82, 2.24) is 4.98 Å². The lowest BCUT2D eigenvalue weighted by atomic mass is 10.3. The number of nitrogens with zero attached hydrogens (tertiary/aromatic N) is 1. The van der Waals surface area contributed by atoms with Crippen molar-refractivity contribution in [3.63, 3.8) is 0 Å². The number of rotatable bonds is 4. The van der Waals surface area contributed by atoms with Crippen LogP contribution in [0.4, 0.5) is 0 Å². The van der Waals surface area contributed by atoms with Crippen LogP contribution in [-0.2, 0) is 6.61 Å². The molecule has 0 amide bonds. The number of halogens is 1. The Bertz CT molecular complexity index is 326. The van der Waals surface area contributed by atoms with Gasteiger partial charge in [0.05, 0.1) is 23.9 Å². The maximum atomic E-state index is 8.93. The van der Waals surface area contributed by atoms with Crippen molar-refractivity contribution in [2.24, 2.45) is 5.92 Å². The maximum Gasteiger partial charge on any atom is 0.213 e. The number of hydrogen-bond donors (Lipinski definition) is 1. The van der Waals surface area contributed by atoms with E-state index in [0.29, 0.717) is 22.5 Å². The molecule has 0 unspecified atom stereocenters. The Morgan fingerprint density at radius 3 is 2.93 bits per heavy atom. The first-order chi connectivity index (χ1) is 6.79. The van der Waals surface area contributed by atoms with Gasteiger partial charge in [0.15, 0.2) is 0 Å². The van der Waals surface area contributed by atoms with Gasteiger partial charge >= 0.3 is 0 Å². The van der Waals surface area contributed by atoms with Crippen molar-refractivity contribution in [2.75, 3.05) is 6.61 Å². The van der Waals surface area contributed by atoms with E-state index in [1.54, 1.807) is 12.1 Å². The molecular formula is C10H12ClNO2. The van der Waals surface area contributed by atoms with Crippen LogP contribution < -0.4 is 4.74 Å². The molecule has 4 heteroatoms. The van der Waals surface area contributed by atoms with Crippen LogP contribution in [0, 0.1) is 5.92 Å². The molecule has 0 radical (unpaired) electrons. The number of pyridine rings is 1. The minimum absolute atomic E-state index is 0.153. The third-order valence-corrected chi connectivity index (χ3v) is 2.55. The summed E-state index contributed by atoms with van der Waals surface area (Å²) in [4.78, 5) is 4.09. The molecule has 0 aliphatic heterocycles. The number of aliphatic hydroxyl groups excluding tert-OH is 1. The number of hydrogen-bond acceptors (Lipinski definition) is 3. The summed E-state index contributed by atoms with van der Waals surface area (Å²) in [5.74, 6) is 1.25. The zero-order chi connectivity index (χ0) is 9.97. The minimum atomic E-state index is -0.153. The van der Waals surface area contributed by atoms with E-state index < -0.39 is 0 Å². The van der Waals surface area contributed by atoms with Crippen LogP contribution in [0.5, 0.6) is 5.88 Å². The maximum absolute atomic E-state index is 8.93. The zero-order valence-electron chi connectivity index (χ0n) is 7.74. The predicted molar refractivity (Wildman–Crippen MR) is 53.4 cm³/mol. The summed E-state index contributed by atoms with van der Waals surface area (Å²) in [7, 11) is 0. The fraction of sp³-hybridized carbons (Fsp3) is 0.500. The average Bonchev–Trinajstić information content (AvgIpc) is 3.00. The van der Waals surface area contributed by atoms with E-state index in [1.807, 2.05) is 0 Å². The second-order valence-corrected chi connectivity index (χ2v) is 3.90. The first-order valence-electron chi connectivity index (χ1n) is 4.68. The van der Waals surface area contributed by atoms with Crippen LogP contribution in [0.25, 0.3) is 0 Å². The molecule has 3 nitrogen and oxygen atoms in total. The van der Waals surface area contributed by atoms with Gasteiger partial charge in [0, 0.05) is 6.07 Å². The fourth-order valence-electron chi connectivity index (χ4n) is 1.14. The standard InChI is InChI=1S/C10H12ClNO2/c11-8-3-4-10(12-9(8)5-13)14-6-7-1-2-7/h3-4,7,13H,1-2,5-6H2. The number of aromatic nitrogens is 1. The van der Waals surface area contributed by atoms with E-state index in [1.165, 1.54) is 12.8 Å². The highest BCUT2D eigenvalue weighted by atomic mass is 35.5. The predicted octanol–water partition coefficient (Wildman–Crippen LogP) is 2.02. The van der Waals surface area contributed by atoms with Gasteiger partial charge < -0.3 is 9.84 Å². The molecule has 0 atom stereocenters. The Balaban J connectivity index is 2.01. The van der Waals surface area contributed by atoms with Gasteiger partial charge in [0.2, 0.25) is 5.88 Å². The first kappa shape index (κ1) is 9.74. The molecule has 14 heavy (non-hydrogen) atoms. The molecule has 1 heterocycles. The zero-order valence-corrected chi connectivity index (χ0v) is 8.50. The van der Waals surface area contributed by atoms with E-state index >= 15 is 0 Å². The highest BCUT2D eigenvalue weighted by Gasteiger charge is 2.22. The van der Waals surface area contributed by atoms with Gasteiger partial charge in [-0.25, -0.2) is 4.98 Å². The van der Waals surface area contributed by atoms with Gasteiger partial charge in [-0.1, -0.05) is 11.6 Å². The van der Waals surface area contributed by atoms with Gasteiger partial charge in [0.1, 0.15) is 0 Å². The van der Waals surface area contributed by atoms with Crippen LogP contribution >= 0.6 is 11.6 Å². The van der Waals surface area contributed by atoms with Crippen molar-refractivity contribution < 1.29 is 9.84 Å². The molecular weight excluding hydrogens is 202 g/mol. The van der Waals surface area contributed by atoms with E-state index in [2.05, 4.69) is 4.98 Å². The summed E-state index contributed by atoms with van der Waals surface area (Å²) in [6, 6.07) is 3.42. The normalized spacial score (nSPS) is 15.6. The molecule has 76 valence electrons. The lowest BCUT2D eigenvalue weighted by Crippen LogP contribution is -2.02. The van der Waals surface area contributed by atoms with Crippen LogP contribution in [-0.4, -0.2) is 16.7 Å². The van der Waals surface area contributed by atoms with Crippen molar-refractivity contribution >= 4 is 11.6 Å². The molecule has 2 rings (SSSR count). The monoisotopic (exact) mass is 213 g/mol. The van der Waals surface area contributed by atoms with Gasteiger partial charge in [-0.3, -0.25) is 0 Å². The van der Waals surface area contributed by atoms with Crippen LogP contribution in [0.15, 0.2) is 12.1 Å². The molecule has 0 saturated heterocycles. The Labute approximate surface area is 87.7 Å².